The molecule has 3 aromatic carbocycles. The summed E-state index contributed by atoms with van der Waals surface area (Å²) in [6.45, 7) is 10.7. The average molecular weight is 558 g/mol. The zero-order valence-electron chi connectivity index (χ0n) is 23.8. The van der Waals surface area contributed by atoms with Crippen LogP contribution in [0, 0.1) is 0 Å². The summed E-state index contributed by atoms with van der Waals surface area (Å²) in [6.07, 6.45) is 1.99. The van der Waals surface area contributed by atoms with Crippen LogP contribution < -0.4 is 5.32 Å². The number of rotatable bonds is 9. The van der Waals surface area contributed by atoms with Crippen LogP contribution in [-0.2, 0) is 16.4 Å². The first-order valence-corrected chi connectivity index (χ1v) is 15.7. The van der Waals surface area contributed by atoms with Crippen molar-refractivity contribution in [1.82, 2.24) is 19.2 Å². The van der Waals surface area contributed by atoms with E-state index in [1.54, 1.807) is 16.4 Å². The summed E-state index contributed by atoms with van der Waals surface area (Å²) in [6, 6.07) is 23.8. The lowest BCUT2D eigenvalue weighted by molar-refractivity contribution is 0.141. The molecule has 1 aliphatic heterocycles. The molecular weight excluding hydrogens is 518 g/mol. The van der Waals surface area contributed by atoms with Crippen molar-refractivity contribution in [3.8, 4) is 0 Å². The molecule has 1 atom stereocenters. The Morgan fingerprint density at radius 1 is 0.850 bits per heavy atom. The summed E-state index contributed by atoms with van der Waals surface area (Å²) < 4.78 is 28.2. The van der Waals surface area contributed by atoms with Crippen LogP contribution >= 0.6 is 0 Å². The van der Waals surface area contributed by atoms with Crippen molar-refractivity contribution < 1.29 is 8.42 Å². The van der Waals surface area contributed by atoms with E-state index in [4.69, 9.17) is 9.97 Å². The maximum Gasteiger partial charge on any atom is 0.243 e. The highest BCUT2D eigenvalue weighted by Gasteiger charge is 2.31. The molecule has 5 rings (SSSR count). The van der Waals surface area contributed by atoms with Crippen molar-refractivity contribution >= 4 is 32.4 Å². The van der Waals surface area contributed by atoms with Gasteiger partial charge in [-0.3, -0.25) is 4.90 Å². The third-order valence-electron chi connectivity index (χ3n) is 7.76. The Kier molecular flexibility index (Phi) is 8.49. The van der Waals surface area contributed by atoms with E-state index in [1.165, 1.54) is 5.56 Å². The second-order valence-corrected chi connectivity index (χ2v) is 12.8. The zero-order chi connectivity index (χ0) is 28.3. The van der Waals surface area contributed by atoms with Crippen LogP contribution in [0.15, 0.2) is 77.7 Å². The SMILES string of the molecule is CCCc1ccc(S(=O)(=O)N2CCN(C(C)c3nc(Nc4ccc(C(C)C)cc4)c4ccccc4n3)CC2)cc1. The summed E-state index contributed by atoms with van der Waals surface area (Å²) in [5, 5.41) is 4.48. The number of piperazine rings is 1. The van der Waals surface area contributed by atoms with Gasteiger partial charge in [-0.1, -0.05) is 63.6 Å². The summed E-state index contributed by atoms with van der Waals surface area (Å²) >= 11 is 0. The lowest BCUT2D eigenvalue weighted by Crippen LogP contribution is -2.49. The first-order chi connectivity index (χ1) is 19.3. The van der Waals surface area contributed by atoms with Gasteiger partial charge in [0.05, 0.1) is 16.5 Å². The number of fused-ring (bicyclic) bond motifs is 1. The van der Waals surface area contributed by atoms with E-state index >= 15 is 0 Å². The monoisotopic (exact) mass is 557 g/mol. The maximum atomic E-state index is 13.3. The first kappa shape index (κ1) is 28.2. The van der Waals surface area contributed by atoms with E-state index in [1.807, 2.05) is 36.4 Å². The number of aryl methyl sites for hydroxylation is 1. The Labute approximate surface area is 238 Å². The largest absolute Gasteiger partial charge is 0.340 e. The van der Waals surface area contributed by atoms with Gasteiger partial charge in [0.1, 0.15) is 11.6 Å². The number of hydrogen-bond acceptors (Lipinski definition) is 6. The van der Waals surface area contributed by atoms with Crippen molar-refractivity contribution in [3.63, 3.8) is 0 Å². The number of benzene rings is 3. The summed E-state index contributed by atoms with van der Waals surface area (Å²) in [5.41, 5.74) is 4.32. The second-order valence-electron chi connectivity index (χ2n) is 10.9. The minimum atomic E-state index is -3.52. The molecule has 0 radical (unpaired) electrons. The number of para-hydroxylation sites is 1. The van der Waals surface area contributed by atoms with Crippen molar-refractivity contribution in [3.05, 3.63) is 89.7 Å². The summed E-state index contributed by atoms with van der Waals surface area (Å²) in [4.78, 5) is 12.5. The molecule has 1 aliphatic rings. The molecule has 210 valence electrons. The van der Waals surface area contributed by atoms with Gasteiger partial charge >= 0.3 is 0 Å². The van der Waals surface area contributed by atoms with Crippen molar-refractivity contribution in [2.45, 2.75) is 57.4 Å². The summed E-state index contributed by atoms with van der Waals surface area (Å²) in [5.74, 6) is 1.98. The molecule has 8 heteroatoms. The van der Waals surface area contributed by atoms with Gasteiger partial charge in [-0.2, -0.15) is 4.31 Å². The lowest BCUT2D eigenvalue weighted by Gasteiger charge is -2.37. The highest BCUT2D eigenvalue weighted by molar-refractivity contribution is 7.89. The Morgan fingerprint density at radius 2 is 1.52 bits per heavy atom. The van der Waals surface area contributed by atoms with E-state index in [0.29, 0.717) is 37.0 Å². The first-order valence-electron chi connectivity index (χ1n) is 14.2. The molecule has 1 aromatic heterocycles. The van der Waals surface area contributed by atoms with E-state index in [9.17, 15) is 8.42 Å². The molecule has 1 N–H and O–H groups in total. The highest BCUT2D eigenvalue weighted by Crippen LogP contribution is 2.29. The van der Waals surface area contributed by atoms with Crippen LogP contribution in [0.3, 0.4) is 0 Å². The van der Waals surface area contributed by atoms with E-state index in [2.05, 4.69) is 62.2 Å². The van der Waals surface area contributed by atoms with Gasteiger partial charge in [0, 0.05) is 37.3 Å². The molecule has 7 nitrogen and oxygen atoms in total. The third-order valence-corrected chi connectivity index (χ3v) is 9.67. The van der Waals surface area contributed by atoms with E-state index in [0.717, 1.165) is 46.6 Å². The van der Waals surface area contributed by atoms with Crippen molar-refractivity contribution in [2.75, 3.05) is 31.5 Å². The van der Waals surface area contributed by atoms with Crippen LogP contribution in [0.5, 0.6) is 0 Å². The quantitative estimate of drug-likeness (QED) is 0.253. The number of nitrogens with one attached hydrogen (secondary N) is 1. The van der Waals surface area contributed by atoms with Crippen molar-refractivity contribution in [2.24, 2.45) is 0 Å². The van der Waals surface area contributed by atoms with E-state index < -0.39 is 10.0 Å². The van der Waals surface area contributed by atoms with Gasteiger partial charge in [0.2, 0.25) is 10.0 Å². The van der Waals surface area contributed by atoms with Gasteiger partial charge in [0.25, 0.3) is 0 Å². The normalized spacial score (nSPS) is 15.9. The van der Waals surface area contributed by atoms with Gasteiger partial charge in [-0.25, -0.2) is 18.4 Å². The van der Waals surface area contributed by atoms with Crippen molar-refractivity contribution in [1.29, 1.82) is 0 Å². The Bertz CT molecular complexity index is 1550. The van der Waals surface area contributed by atoms with Crippen LogP contribution in [0.2, 0.25) is 0 Å². The van der Waals surface area contributed by atoms with Crippen LogP contribution in [0.4, 0.5) is 11.5 Å². The molecule has 0 spiro atoms. The molecule has 0 bridgehead atoms. The smallest absolute Gasteiger partial charge is 0.243 e. The zero-order valence-corrected chi connectivity index (χ0v) is 24.7. The van der Waals surface area contributed by atoms with Gasteiger partial charge < -0.3 is 5.32 Å². The fraction of sp³-hybridized carbons (Fsp3) is 0.375. The Balaban J connectivity index is 1.32. The van der Waals surface area contributed by atoms with Crippen LogP contribution in [0.25, 0.3) is 10.9 Å². The molecular formula is C32H39N5O2S. The van der Waals surface area contributed by atoms with Crippen LogP contribution in [-0.4, -0.2) is 53.8 Å². The third kappa shape index (κ3) is 6.04. The topological polar surface area (TPSA) is 78.4 Å². The molecule has 1 unspecified atom stereocenters. The van der Waals surface area contributed by atoms with Gasteiger partial charge in [-0.05, 0) is 66.8 Å². The molecule has 0 saturated carbocycles. The van der Waals surface area contributed by atoms with E-state index in [-0.39, 0.29) is 6.04 Å². The lowest BCUT2D eigenvalue weighted by atomic mass is 10.0. The predicted molar refractivity (Wildman–Crippen MR) is 163 cm³/mol. The minimum absolute atomic E-state index is 0.0633. The summed E-state index contributed by atoms with van der Waals surface area (Å²) in [7, 11) is -3.52. The number of sulfonamides is 1. The van der Waals surface area contributed by atoms with Gasteiger partial charge in [-0.15, -0.1) is 0 Å². The minimum Gasteiger partial charge on any atom is -0.340 e. The fourth-order valence-corrected chi connectivity index (χ4v) is 6.65. The number of aromatic nitrogens is 2. The Hall–Kier alpha value is -3.33. The second kappa shape index (κ2) is 12.0. The fourth-order valence-electron chi connectivity index (χ4n) is 5.23. The molecule has 1 saturated heterocycles. The number of hydrogen-bond donors (Lipinski definition) is 1. The number of anilines is 2. The molecule has 1 fully saturated rings. The highest BCUT2D eigenvalue weighted by atomic mass is 32.2. The average Bonchev–Trinajstić information content (AvgIpc) is 2.97. The number of nitrogens with zero attached hydrogens (tertiary/aromatic N) is 4. The molecule has 40 heavy (non-hydrogen) atoms. The molecule has 2 heterocycles. The van der Waals surface area contributed by atoms with Crippen LogP contribution in [0.1, 0.15) is 63.0 Å². The Morgan fingerprint density at radius 3 is 2.17 bits per heavy atom. The maximum absolute atomic E-state index is 13.3. The molecule has 0 amide bonds. The molecule has 4 aromatic rings. The predicted octanol–water partition coefficient (Wildman–Crippen LogP) is 6.52. The standard InChI is InChI=1S/C32H39N5O2S/c1-5-8-25-11-17-28(18-12-25)40(38,39)37-21-19-36(20-22-37)24(4)31-34-30-10-7-6-9-29(30)32(35-31)33-27-15-13-26(14-16-27)23(2)3/h6-7,9-18,23-24H,5,8,19-22H2,1-4H3,(H,33,34,35). The van der Waals surface area contributed by atoms with Gasteiger partial charge in [0.15, 0.2) is 0 Å². The molecule has 0 aliphatic carbocycles.